The van der Waals surface area contributed by atoms with Crippen LogP contribution in [0.4, 0.5) is 0 Å². The van der Waals surface area contributed by atoms with Gasteiger partial charge in [-0.2, -0.15) is 0 Å². The molecular formula is C18H20ClN3O5. The fourth-order valence-corrected chi connectivity index (χ4v) is 2.84. The maximum absolute atomic E-state index is 12.5. The normalized spacial score (nSPS) is 18.8. The molecule has 1 aromatic carbocycles. The average Bonchev–Trinajstić information content (AvgIpc) is 3.15. The lowest BCUT2D eigenvalue weighted by molar-refractivity contribution is -0.146. The minimum atomic E-state index is -0.790. The molecule has 1 saturated heterocycles. The number of esters is 2. The second-order valence-corrected chi connectivity index (χ2v) is 5.88. The summed E-state index contributed by atoms with van der Waals surface area (Å²) in [6.07, 6.45) is 1.40. The second-order valence-electron chi connectivity index (χ2n) is 5.88. The lowest BCUT2D eigenvalue weighted by atomic mass is 10.2. The summed E-state index contributed by atoms with van der Waals surface area (Å²) in [5, 5.41) is 2.66. The number of hydrogen-bond donors (Lipinski definition) is 1. The van der Waals surface area contributed by atoms with Gasteiger partial charge in [-0.3, -0.25) is 4.79 Å². The summed E-state index contributed by atoms with van der Waals surface area (Å²) < 4.78 is 10.3. The van der Waals surface area contributed by atoms with E-state index in [1.165, 1.54) is 11.1 Å². The van der Waals surface area contributed by atoms with Gasteiger partial charge in [0.2, 0.25) is 0 Å². The van der Waals surface area contributed by atoms with Crippen LogP contribution in [0, 0.1) is 0 Å². The number of amides is 1. The van der Waals surface area contributed by atoms with Crippen LogP contribution in [-0.4, -0.2) is 53.6 Å². The molecule has 1 aromatic rings. The van der Waals surface area contributed by atoms with Crippen molar-refractivity contribution in [3.05, 3.63) is 59.8 Å². The maximum atomic E-state index is 12.5. The number of ether oxygens (including phenoxy) is 2. The van der Waals surface area contributed by atoms with Crippen LogP contribution in [0.25, 0.3) is 0 Å². The molecule has 1 atom stereocenters. The molecule has 27 heavy (non-hydrogen) atoms. The van der Waals surface area contributed by atoms with Crippen molar-refractivity contribution >= 4 is 30.3 Å². The van der Waals surface area contributed by atoms with Crippen LogP contribution in [0.3, 0.4) is 0 Å². The number of rotatable bonds is 6. The maximum Gasteiger partial charge on any atom is 0.357 e. The van der Waals surface area contributed by atoms with E-state index in [1.54, 1.807) is 0 Å². The lowest BCUT2D eigenvalue weighted by Crippen LogP contribution is -2.38. The number of nitrogens with zero attached hydrogens (tertiary/aromatic N) is 2. The number of carbonyl (C=O) groups excluding carboxylic acids is 3. The highest BCUT2D eigenvalue weighted by molar-refractivity contribution is 6.05. The minimum Gasteiger partial charge on any atom is -0.457 e. The van der Waals surface area contributed by atoms with Crippen molar-refractivity contribution in [3.63, 3.8) is 0 Å². The van der Waals surface area contributed by atoms with Crippen molar-refractivity contribution in [1.29, 1.82) is 0 Å². The molecule has 2 aliphatic rings. The van der Waals surface area contributed by atoms with Crippen LogP contribution in [0.2, 0.25) is 0 Å². The highest BCUT2D eigenvalue weighted by atomic mass is 35.5. The molecule has 1 fully saturated rings. The van der Waals surface area contributed by atoms with Crippen LogP contribution < -0.4 is 5.73 Å². The smallest absolute Gasteiger partial charge is 0.357 e. The summed E-state index contributed by atoms with van der Waals surface area (Å²) in [7, 11) is 0. The SMILES string of the molecule is C=CCOC(=O)C1=C(C(=O)OCc2ccccc2)CN2CC(N)C(=O)N12.Cl. The third kappa shape index (κ3) is 4.19. The third-order valence-corrected chi connectivity index (χ3v) is 4.04. The van der Waals surface area contributed by atoms with Gasteiger partial charge in [0.25, 0.3) is 5.91 Å². The van der Waals surface area contributed by atoms with Crippen LogP contribution in [0.5, 0.6) is 0 Å². The molecule has 0 bridgehead atoms. The fraction of sp³-hybridized carbons (Fsp3) is 0.278. The molecule has 0 saturated carbocycles. The molecule has 1 amide bonds. The Kier molecular flexibility index (Phi) is 6.73. The van der Waals surface area contributed by atoms with Gasteiger partial charge < -0.3 is 15.2 Å². The zero-order valence-corrected chi connectivity index (χ0v) is 15.3. The zero-order valence-electron chi connectivity index (χ0n) is 14.5. The van der Waals surface area contributed by atoms with Crippen molar-refractivity contribution < 1.29 is 23.9 Å². The summed E-state index contributed by atoms with van der Waals surface area (Å²) in [6.45, 7) is 3.77. The molecule has 2 heterocycles. The first kappa shape index (κ1) is 20.6. The van der Waals surface area contributed by atoms with Crippen LogP contribution in [-0.2, 0) is 30.5 Å². The number of carbonyl (C=O) groups is 3. The van der Waals surface area contributed by atoms with Gasteiger partial charge in [0, 0.05) is 6.54 Å². The fourth-order valence-electron chi connectivity index (χ4n) is 2.84. The van der Waals surface area contributed by atoms with Gasteiger partial charge in [0.05, 0.1) is 12.1 Å². The number of hydrazine groups is 1. The summed E-state index contributed by atoms with van der Waals surface area (Å²) in [5.74, 6) is -1.92. The van der Waals surface area contributed by atoms with Gasteiger partial charge in [-0.25, -0.2) is 19.6 Å². The minimum absolute atomic E-state index is 0. The van der Waals surface area contributed by atoms with E-state index in [1.807, 2.05) is 30.3 Å². The van der Waals surface area contributed by atoms with Crippen molar-refractivity contribution in [2.24, 2.45) is 5.73 Å². The van der Waals surface area contributed by atoms with E-state index in [0.717, 1.165) is 10.6 Å². The molecule has 0 radical (unpaired) electrons. The van der Waals surface area contributed by atoms with Crippen molar-refractivity contribution in [2.45, 2.75) is 12.6 Å². The van der Waals surface area contributed by atoms with Crippen LogP contribution in [0.1, 0.15) is 5.56 Å². The molecule has 3 rings (SSSR count). The van der Waals surface area contributed by atoms with E-state index < -0.39 is 23.9 Å². The summed E-state index contributed by atoms with van der Waals surface area (Å²) in [4.78, 5) is 37.2. The Hall–Kier alpha value is -2.68. The molecular weight excluding hydrogens is 374 g/mol. The third-order valence-electron chi connectivity index (χ3n) is 4.04. The van der Waals surface area contributed by atoms with Crippen molar-refractivity contribution in [2.75, 3.05) is 19.7 Å². The van der Waals surface area contributed by atoms with Crippen LogP contribution >= 0.6 is 12.4 Å². The van der Waals surface area contributed by atoms with Gasteiger partial charge in [0.15, 0.2) is 5.70 Å². The number of halogens is 1. The second kappa shape index (κ2) is 8.81. The Labute approximate surface area is 162 Å². The topological polar surface area (TPSA) is 102 Å². The molecule has 0 spiro atoms. The van der Waals surface area contributed by atoms with E-state index in [-0.39, 0.29) is 50.0 Å². The molecule has 2 aliphatic heterocycles. The van der Waals surface area contributed by atoms with E-state index >= 15 is 0 Å². The number of benzene rings is 1. The van der Waals surface area contributed by atoms with E-state index in [2.05, 4.69) is 6.58 Å². The molecule has 0 aromatic heterocycles. The Morgan fingerprint density at radius 1 is 1.22 bits per heavy atom. The Morgan fingerprint density at radius 3 is 2.59 bits per heavy atom. The summed E-state index contributed by atoms with van der Waals surface area (Å²) in [5.41, 5.74) is 6.50. The zero-order chi connectivity index (χ0) is 18.7. The lowest BCUT2D eigenvalue weighted by Gasteiger charge is -2.20. The van der Waals surface area contributed by atoms with E-state index in [9.17, 15) is 14.4 Å². The standard InChI is InChI=1S/C18H19N3O5.ClH/c1-2-8-25-18(24)15-13(9-20-10-14(19)16(22)21(15)20)17(23)26-11-12-6-4-3-5-7-12;/h2-7,14H,1,8-11,19H2;1H. The molecule has 1 unspecified atom stereocenters. The largest absolute Gasteiger partial charge is 0.457 e. The van der Waals surface area contributed by atoms with Gasteiger partial charge in [-0.1, -0.05) is 43.0 Å². The number of hydrogen-bond acceptors (Lipinski definition) is 7. The quantitative estimate of drug-likeness (QED) is 0.555. The summed E-state index contributed by atoms with van der Waals surface area (Å²) in [6, 6.07) is 8.41. The Bertz CT molecular complexity index is 780. The van der Waals surface area contributed by atoms with Crippen LogP contribution in [0.15, 0.2) is 54.3 Å². The molecule has 2 N–H and O–H groups in total. The van der Waals surface area contributed by atoms with Crippen molar-refractivity contribution in [3.8, 4) is 0 Å². The van der Waals surface area contributed by atoms with Crippen molar-refractivity contribution in [1.82, 2.24) is 10.0 Å². The number of fused-ring (bicyclic) bond motifs is 1. The van der Waals surface area contributed by atoms with E-state index in [4.69, 9.17) is 15.2 Å². The van der Waals surface area contributed by atoms with Gasteiger partial charge in [-0.15, -0.1) is 12.4 Å². The Balaban J connectivity index is 0.00000261. The highest BCUT2D eigenvalue weighted by Crippen LogP contribution is 2.30. The molecule has 144 valence electrons. The van der Waals surface area contributed by atoms with Gasteiger partial charge in [0.1, 0.15) is 19.3 Å². The van der Waals surface area contributed by atoms with E-state index in [0.29, 0.717) is 0 Å². The average molecular weight is 394 g/mol. The Morgan fingerprint density at radius 2 is 1.93 bits per heavy atom. The predicted octanol–water partition coefficient (Wildman–Crippen LogP) is 0.535. The summed E-state index contributed by atoms with van der Waals surface area (Å²) >= 11 is 0. The first-order valence-electron chi connectivity index (χ1n) is 8.09. The van der Waals surface area contributed by atoms with Gasteiger partial charge in [-0.05, 0) is 5.56 Å². The number of nitrogens with two attached hydrogens (primary N) is 1. The van der Waals surface area contributed by atoms with Gasteiger partial charge >= 0.3 is 11.9 Å². The molecule has 8 nitrogen and oxygen atoms in total. The molecule has 9 heteroatoms. The molecule has 0 aliphatic carbocycles. The predicted molar refractivity (Wildman–Crippen MR) is 98.1 cm³/mol. The monoisotopic (exact) mass is 393 g/mol. The first-order valence-corrected chi connectivity index (χ1v) is 8.09. The first-order chi connectivity index (χ1) is 12.5. The highest BCUT2D eigenvalue weighted by Gasteiger charge is 2.48.